The number of benzene rings is 2. The van der Waals surface area contributed by atoms with Crippen molar-refractivity contribution < 1.29 is 4.79 Å². The second-order valence-electron chi connectivity index (χ2n) is 4.91. The molecule has 0 saturated carbocycles. The molecule has 0 spiro atoms. The average molecular weight is 261 g/mol. The molecule has 98 valence electrons. The second kappa shape index (κ2) is 5.25. The predicted molar refractivity (Wildman–Crippen MR) is 81.0 cm³/mol. The molecule has 0 bridgehead atoms. The summed E-state index contributed by atoms with van der Waals surface area (Å²) in [6.45, 7) is 1.92. The van der Waals surface area contributed by atoms with Crippen LogP contribution in [0.1, 0.15) is 21.6 Å². The molecular weight excluding hydrogens is 246 g/mol. The van der Waals surface area contributed by atoms with Crippen molar-refractivity contribution in [2.45, 2.75) is 13.3 Å². The number of aromatic nitrogens is 1. The van der Waals surface area contributed by atoms with Crippen LogP contribution < -0.4 is 0 Å². The molecule has 0 radical (unpaired) electrons. The Balaban J connectivity index is 1.98. The number of Topliss-reactive ketones (excluding diaryl/α,β-unsaturated/α-hetero) is 1. The van der Waals surface area contributed by atoms with Gasteiger partial charge < -0.3 is 0 Å². The van der Waals surface area contributed by atoms with Gasteiger partial charge in [-0.3, -0.25) is 9.78 Å². The van der Waals surface area contributed by atoms with Gasteiger partial charge in [-0.1, -0.05) is 48.5 Å². The monoisotopic (exact) mass is 261 g/mol. The minimum Gasteiger partial charge on any atom is -0.292 e. The molecule has 0 fully saturated rings. The summed E-state index contributed by atoms with van der Waals surface area (Å²) in [7, 11) is 0. The first-order valence-corrected chi connectivity index (χ1v) is 6.67. The first-order chi connectivity index (χ1) is 9.75. The molecule has 0 aliphatic rings. The van der Waals surface area contributed by atoms with Crippen LogP contribution in [0.3, 0.4) is 0 Å². The summed E-state index contributed by atoms with van der Waals surface area (Å²) in [5.41, 5.74) is 2.55. The highest BCUT2D eigenvalue weighted by atomic mass is 16.1. The second-order valence-corrected chi connectivity index (χ2v) is 4.91. The fraction of sp³-hybridized carbons (Fsp3) is 0.111. The Labute approximate surface area is 118 Å². The van der Waals surface area contributed by atoms with E-state index in [-0.39, 0.29) is 5.78 Å². The molecular formula is C18H15NO. The van der Waals surface area contributed by atoms with Gasteiger partial charge in [0, 0.05) is 12.6 Å². The minimum atomic E-state index is 0.0689. The predicted octanol–water partition coefficient (Wildman–Crippen LogP) is 3.97. The highest BCUT2D eigenvalue weighted by molar-refractivity contribution is 5.99. The number of ketones is 1. The third-order valence-corrected chi connectivity index (χ3v) is 3.50. The van der Waals surface area contributed by atoms with E-state index in [1.165, 1.54) is 0 Å². The van der Waals surface area contributed by atoms with Crippen LogP contribution >= 0.6 is 0 Å². The zero-order valence-corrected chi connectivity index (χ0v) is 11.3. The molecule has 2 heteroatoms. The Morgan fingerprint density at radius 3 is 2.65 bits per heavy atom. The molecule has 0 saturated heterocycles. The van der Waals surface area contributed by atoms with Crippen molar-refractivity contribution in [3.8, 4) is 0 Å². The van der Waals surface area contributed by atoms with Crippen molar-refractivity contribution in [2.75, 3.05) is 0 Å². The number of carbonyl (C=O) groups is 1. The molecule has 0 aliphatic carbocycles. The van der Waals surface area contributed by atoms with Crippen molar-refractivity contribution in [1.82, 2.24) is 4.98 Å². The van der Waals surface area contributed by atoms with Crippen LogP contribution in [0.5, 0.6) is 0 Å². The Morgan fingerprint density at radius 1 is 1.00 bits per heavy atom. The summed E-state index contributed by atoms with van der Waals surface area (Å²) in [5, 5.41) is 2.30. The number of hydrogen-bond acceptors (Lipinski definition) is 2. The van der Waals surface area contributed by atoms with Crippen molar-refractivity contribution in [1.29, 1.82) is 0 Å². The lowest BCUT2D eigenvalue weighted by molar-refractivity contribution is 0.0988. The smallest absolute Gasteiger partial charge is 0.185 e. The van der Waals surface area contributed by atoms with Crippen LogP contribution in [0, 0.1) is 6.92 Å². The molecule has 1 heterocycles. The van der Waals surface area contributed by atoms with Gasteiger partial charge >= 0.3 is 0 Å². The summed E-state index contributed by atoms with van der Waals surface area (Å²) in [6.07, 6.45) is 2.06. The lowest BCUT2D eigenvalue weighted by Crippen LogP contribution is -2.08. The van der Waals surface area contributed by atoms with Crippen LogP contribution in [0.15, 0.2) is 60.8 Å². The van der Waals surface area contributed by atoms with E-state index in [1.54, 1.807) is 6.20 Å². The summed E-state index contributed by atoms with van der Waals surface area (Å²) >= 11 is 0. The van der Waals surface area contributed by atoms with E-state index in [9.17, 15) is 4.79 Å². The van der Waals surface area contributed by atoms with E-state index in [2.05, 4.69) is 23.2 Å². The van der Waals surface area contributed by atoms with Gasteiger partial charge in [-0.05, 0) is 34.9 Å². The SMILES string of the molecule is Cc1cccnc1C(=O)Cc1cccc2ccccc12. The zero-order chi connectivity index (χ0) is 13.9. The highest BCUT2D eigenvalue weighted by Crippen LogP contribution is 2.20. The number of nitrogens with zero attached hydrogens (tertiary/aromatic N) is 1. The maximum atomic E-state index is 12.4. The Hall–Kier alpha value is -2.48. The van der Waals surface area contributed by atoms with Crippen LogP contribution in [-0.4, -0.2) is 10.8 Å². The molecule has 0 unspecified atom stereocenters. The minimum absolute atomic E-state index is 0.0689. The standard InChI is InChI=1S/C18H15NO/c1-13-6-5-11-19-18(13)17(20)12-15-9-4-8-14-7-2-3-10-16(14)15/h2-11H,12H2,1H3. The fourth-order valence-corrected chi connectivity index (χ4v) is 2.48. The summed E-state index contributed by atoms with van der Waals surface area (Å²) in [6, 6.07) is 18.0. The molecule has 20 heavy (non-hydrogen) atoms. The Bertz CT molecular complexity index is 772. The van der Waals surface area contributed by atoms with Crippen LogP contribution in [0.4, 0.5) is 0 Å². The molecule has 0 amide bonds. The van der Waals surface area contributed by atoms with Crippen molar-refractivity contribution >= 4 is 16.6 Å². The van der Waals surface area contributed by atoms with E-state index in [0.29, 0.717) is 12.1 Å². The maximum absolute atomic E-state index is 12.4. The molecule has 2 aromatic carbocycles. The molecule has 1 aromatic heterocycles. The van der Waals surface area contributed by atoms with Gasteiger partial charge in [0.05, 0.1) is 0 Å². The van der Waals surface area contributed by atoms with Gasteiger partial charge in [0.15, 0.2) is 5.78 Å². The normalized spacial score (nSPS) is 10.7. The van der Waals surface area contributed by atoms with Gasteiger partial charge in [0.25, 0.3) is 0 Å². The number of pyridine rings is 1. The maximum Gasteiger partial charge on any atom is 0.185 e. The summed E-state index contributed by atoms with van der Waals surface area (Å²) < 4.78 is 0. The zero-order valence-electron chi connectivity index (χ0n) is 11.3. The molecule has 3 rings (SSSR count). The van der Waals surface area contributed by atoms with Gasteiger partial charge in [-0.2, -0.15) is 0 Å². The molecule has 0 atom stereocenters. The number of carbonyl (C=O) groups excluding carboxylic acids is 1. The van der Waals surface area contributed by atoms with Gasteiger partial charge in [0.2, 0.25) is 0 Å². The lowest BCUT2D eigenvalue weighted by atomic mass is 9.98. The van der Waals surface area contributed by atoms with E-state index >= 15 is 0 Å². The molecule has 2 nitrogen and oxygen atoms in total. The van der Waals surface area contributed by atoms with E-state index < -0.39 is 0 Å². The Morgan fingerprint density at radius 2 is 1.80 bits per heavy atom. The third-order valence-electron chi connectivity index (χ3n) is 3.50. The van der Waals surface area contributed by atoms with Crippen LogP contribution in [0.25, 0.3) is 10.8 Å². The first-order valence-electron chi connectivity index (χ1n) is 6.67. The van der Waals surface area contributed by atoms with Crippen molar-refractivity contribution in [2.24, 2.45) is 0 Å². The number of fused-ring (bicyclic) bond motifs is 1. The van der Waals surface area contributed by atoms with Gasteiger partial charge in [0.1, 0.15) is 5.69 Å². The molecule has 3 aromatic rings. The lowest BCUT2D eigenvalue weighted by Gasteiger charge is -2.07. The summed E-state index contributed by atoms with van der Waals surface area (Å²) in [4.78, 5) is 16.6. The molecule has 0 N–H and O–H groups in total. The quantitative estimate of drug-likeness (QED) is 0.668. The van der Waals surface area contributed by atoms with Gasteiger partial charge in [-0.25, -0.2) is 0 Å². The summed E-state index contributed by atoms with van der Waals surface area (Å²) in [5.74, 6) is 0.0689. The van der Waals surface area contributed by atoms with E-state index in [1.807, 2.05) is 43.3 Å². The Kier molecular flexibility index (Phi) is 3.30. The van der Waals surface area contributed by atoms with Crippen LogP contribution in [0.2, 0.25) is 0 Å². The van der Waals surface area contributed by atoms with E-state index in [0.717, 1.165) is 21.9 Å². The third kappa shape index (κ3) is 2.32. The van der Waals surface area contributed by atoms with E-state index in [4.69, 9.17) is 0 Å². The number of aryl methyl sites for hydroxylation is 1. The van der Waals surface area contributed by atoms with Crippen molar-refractivity contribution in [3.63, 3.8) is 0 Å². The average Bonchev–Trinajstić information content (AvgIpc) is 2.48. The number of hydrogen-bond donors (Lipinski definition) is 0. The largest absolute Gasteiger partial charge is 0.292 e. The first kappa shape index (κ1) is 12.5. The van der Waals surface area contributed by atoms with Gasteiger partial charge in [-0.15, -0.1) is 0 Å². The fourth-order valence-electron chi connectivity index (χ4n) is 2.48. The topological polar surface area (TPSA) is 30.0 Å². The molecule has 0 aliphatic heterocycles. The van der Waals surface area contributed by atoms with Crippen LogP contribution in [-0.2, 0) is 6.42 Å². The van der Waals surface area contributed by atoms with Crippen molar-refractivity contribution in [3.05, 3.63) is 77.6 Å². The number of rotatable bonds is 3. The highest BCUT2D eigenvalue weighted by Gasteiger charge is 2.12.